The van der Waals surface area contributed by atoms with E-state index < -0.39 is 0 Å². The summed E-state index contributed by atoms with van der Waals surface area (Å²) >= 11 is 0. The quantitative estimate of drug-likeness (QED) is 0.714. The summed E-state index contributed by atoms with van der Waals surface area (Å²) in [5.41, 5.74) is 5.41. The first-order valence-corrected chi connectivity index (χ1v) is 5.92. The van der Waals surface area contributed by atoms with Gasteiger partial charge in [0, 0.05) is 25.2 Å². The maximum Gasteiger partial charge on any atom is 0.236 e. The molecule has 1 aliphatic heterocycles. The van der Waals surface area contributed by atoms with Crippen LogP contribution in [0, 0.1) is 0 Å². The van der Waals surface area contributed by atoms with Gasteiger partial charge in [-0.15, -0.1) is 0 Å². The maximum atomic E-state index is 11.6. The maximum absolute atomic E-state index is 11.6. The standard InChI is InChI=1S/C11H21N3O/c1-13(9-4-5-9)8-10-3-2-6-14(10)11(15)7-12/h9-10H,2-8,12H2,1H3. The van der Waals surface area contributed by atoms with Crippen molar-refractivity contribution in [2.24, 2.45) is 5.73 Å². The van der Waals surface area contributed by atoms with E-state index in [9.17, 15) is 4.79 Å². The molecule has 1 aliphatic carbocycles. The number of carbonyl (C=O) groups is 1. The van der Waals surface area contributed by atoms with Crippen LogP contribution in [0.1, 0.15) is 25.7 Å². The van der Waals surface area contributed by atoms with Crippen molar-refractivity contribution in [1.29, 1.82) is 0 Å². The van der Waals surface area contributed by atoms with E-state index in [1.54, 1.807) is 0 Å². The summed E-state index contributed by atoms with van der Waals surface area (Å²) in [7, 11) is 2.17. The molecule has 2 aliphatic rings. The highest BCUT2D eigenvalue weighted by Crippen LogP contribution is 2.27. The molecule has 86 valence electrons. The van der Waals surface area contributed by atoms with Crippen LogP contribution in [0.25, 0.3) is 0 Å². The molecule has 1 atom stereocenters. The van der Waals surface area contributed by atoms with E-state index in [1.165, 1.54) is 12.8 Å². The van der Waals surface area contributed by atoms with Crippen LogP contribution in [0.3, 0.4) is 0 Å². The molecule has 2 rings (SSSR count). The monoisotopic (exact) mass is 211 g/mol. The third kappa shape index (κ3) is 2.49. The second-order valence-corrected chi connectivity index (χ2v) is 4.76. The summed E-state index contributed by atoms with van der Waals surface area (Å²) < 4.78 is 0. The van der Waals surface area contributed by atoms with E-state index >= 15 is 0 Å². The van der Waals surface area contributed by atoms with Crippen molar-refractivity contribution in [3.8, 4) is 0 Å². The number of carbonyl (C=O) groups excluding carboxylic acids is 1. The number of hydrogen-bond donors (Lipinski definition) is 1. The van der Waals surface area contributed by atoms with Gasteiger partial charge in [-0.3, -0.25) is 4.79 Å². The Balaban J connectivity index is 1.86. The molecule has 2 fully saturated rings. The van der Waals surface area contributed by atoms with E-state index in [1.807, 2.05) is 4.90 Å². The third-order valence-corrected chi connectivity index (χ3v) is 3.54. The fraction of sp³-hybridized carbons (Fsp3) is 0.909. The minimum Gasteiger partial charge on any atom is -0.337 e. The number of amides is 1. The number of nitrogens with zero attached hydrogens (tertiary/aromatic N) is 2. The zero-order valence-electron chi connectivity index (χ0n) is 9.48. The van der Waals surface area contributed by atoms with Crippen molar-refractivity contribution in [3.63, 3.8) is 0 Å². The minimum atomic E-state index is 0.113. The normalized spacial score (nSPS) is 26.3. The van der Waals surface area contributed by atoms with E-state index in [0.29, 0.717) is 6.04 Å². The molecule has 1 saturated heterocycles. The van der Waals surface area contributed by atoms with Gasteiger partial charge in [0.2, 0.25) is 5.91 Å². The van der Waals surface area contributed by atoms with Crippen LogP contribution in [0.5, 0.6) is 0 Å². The largest absolute Gasteiger partial charge is 0.337 e. The Morgan fingerprint density at radius 1 is 1.47 bits per heavy atom. The lowest BCUT2D eigenvalue weighted by Gasteiger charge is -2.28. The minimum absolute atomic E-state index is 0.113. The molecule has 1 heterocycles. The molecule has 4 heteroatoms. The first kappa shape index (κ1) is 10.9. The third-order valence-electron chi connectivity index (χ3n) is 3.54. The number of likely N-dealkylation sites (tertiary alicyclic amines) is 1. The van der Waals surface area contributed by atoms with Gasteiger partial charge in [-0.1, -0.05) is 0 Å². The van der Waals surface area contributed by atoms with Gasteiger partial charge >= 0.3 is 0 Å². The number of nitrogens with two attached hydrogens (primary N) is 1. The lowest BCUT2D eigenvalue weighted by Crippen LogP contribution is -2.45. The van der Waals surface area contributed by atoms with Gasteiger partial charge in [-0.2, -0.15) is 0 Å². The molecule has 0 aromatic carbocycles. The summed E-state index contributed by atoms with van der Waals surface area (Å²) in [6, 6.07) is 1.19. The molecule has 1 amide bonds. The van der Waals surface area contributed by atoms with E-state index in [-0.39, 0.29) is 12.5 Å². The highest BCUT2D eigenvalue weighted by molar-refractivity contribution is 5.78. The summed E-state index contributed by atoms with van der Waals surface area (Å²) in [6.45, 7) is 2.08. The number of rotatable bonds is 4. The summed E-state index contributed by atoms with van der Waals surface area (Å²) in [6.07, 6.45) is 4.93. The Morgan fingerprint density at radius 2 is 2.20 bits per heavy atom. The van der Waals surface area contributed by atoms with Crippen molar-refractivity contribution in [2.45, 2.75) is 37.8 Å². The fourth-order valence-corrected chi connectivity index (χ4v) is 2.47. The first-order valence-electron chi connectivity index (χ1n) is 5.92. The molecule has 1 saturated carbocycles. The van der Waals surface area contributed by atoms with Gasteiger partial charge < -0.3 is 15.5 Å². The highest BCUT2D eigenvalue weighted by Gasteiger charge is 2.33. The fourth-order valence-electron chi connectivity index (χ4n) is 2.47. The lowest BCUT2D eigenvalue weighted by atomic mass is 10.2. The van der Waals surface area contributed by atoms with E-state index in [4.69, 9.17) is 5.73 Å². The van der Waals surface area contributed by atoms with Crippen LogP contribution in [-0.4, -0.2) is 54.5 Å². The van der Waals surface area contributed by atoms with Crippen molar-refractivity contribution in [2.75, 3.05) is 26.7 Å². The average molecular weight is 211 g/mol. The highest BCUT2D eigenvalue weighted by atomic mass is 16.2. The van der Waals surface area contributed by atoms with Gasteiger partial charge in [-0.05, 0) is 32.7 Å². The van der Waals surface area contributed by atoms with Gasteiger partial charge in [-0.25, -0.2) is 0 Å². The molecule has 4 nitrogen and oxygen atoms in total. The lowest BCUT2D eigenvalue weighted by molar-refractivity contribution is -0.130. The Bertz CT molecular complexity index is 240. The molecule has 0 spiro atoms. The smallest absolute Gasteiger partial charge is 0.236 e. The van der Waals surface area contributed by atoms with Gasteiger partial charge in [0.1, 0.15) is 0 Å². The average Bonchev–Trinajstić information content (AvgIpc) is 2.99. The predicted molar refractivity (Wildman–Crippen MR) is 59.4 cm³/mol. The molecule has 0 radical (unpaired) electrons. The molecular weight excluding hydrogens is 190 g/mol. The summed E-state index contributed by atoms with van der Waals surface area (Å²) in [4.78, 5) is 15.9. The SMILES string of the molecule is CN(CC1CCCN1C(=O)CN)C1CC1. The predicted octanol–water partition coefficient (Wildman–Crippen LogP) is 0.0303. The second kappa shape index (κ2) is 4.49. The zero-order valence-corrected chi connectivity index (χ0v) is 9.48. The van der Waals surface area contributed by atoms with Crippen LogP contribution in [0.2, 0.25) is 0 Å². The van der Waals surface area contributed by atoms with Crippen LogP contribution in [-0.2, 0) is 4.79 Å². The molecule has 0 aromatic rings. The van der Waals surface area contributed by atoms with E-state index in [0.717, 1.165) is 32.0 Å². The second-order valence-electron chi connectivity index (χ2n) is 4.76. The van der Waals surface area contributed by atoms with Crippen LogP contribution in [0.15, 0.2) is 0 Å². The van der Waals surface area contributed by atoms with Crippen LogP contribution >= 0.6 is 0 Å². The number of likely N-dealkylation sites (N-methyl/N-ethyl adjacent to an activating group) is 1. The Morgan fingerprint density at radius 3 is 2.80 bits per heavy atom. The Hall–Kier alpha value is -0.610. The summed E-state index contributed by atoms with van der Waals surface area (Å²) in [5, 5.41) is 0. The first-order chi connectivity index (χ1) is 7.22. The van der Waals surface area contributed by atoms with Crippen LogP contribution in [0.4, 0.5) is 0 Å². The van der Waals surface area contributed by atoms with Gasteiger partial charge in [0.25, 0.3) is 0 Å². The van der Waals surface area contributed by atoms with Gasteiger partial charge in [0.05, 0.1) is 6.54 Å². The zero-order chi connectivity index (χ0) is 10.8. The Labute approximate surface area is 91.4 Å². The van der Waals surface area contributed by atoms with Crippen LogP contribution < -0.4 is 5.73 Å². The topological polar surface area (TPSA) is 49.6 Å². The summed E-state index contributed by atoms with van der Waals surface area (Å²) in [5.74, 6) is 0.113. The molecule has 2 N–H and O–H groups in total. The molecule has 1 unspecified atom stereocenters. The molecule has 15 heavy (non-hydrogen) atoms. The molecule has 0 aromatic heterocycles. The van der Waals surface area contributed by atoms with Crippen molar-refractivity contribution < 1.29 is 4.79 Å². The van der Waals surface area contributed by atoms with Gasteiger partial charge in [0.15, 0.2) is 0 Å². The van der Waals surface area contributed by atoms with Crippen molar-refractivity contribution in [1.82, 2.24) is 9.80 Å². The number of hydrogen-bond acceptors (Lipinski definition) is 3. The Kier molecular flexibility index (Phi) is 3.26. The molecule has 0 bridgehead atoms. The molecular formula is C11H21N3O. The van der Waals surface area contributed by atoms with Crippen molar-refractivity contribution >= 4 is 5.91 Å². The van der Waals surface area contributed by atoms with E-state index in [2.05, 4.69) is 11.9 Å². The van der Waals surface area contributed by atoms with Crippen molar-refractivity contribution in [3.05, 3.63) is 0 Å².